The first-order valence-corrected chi connectivity index (χ1v) is 15.8. The summed E-state index contributed by atoms with van der Waals surface area (Å²) < 4.78 is 22.3. The average molecular weight is 681 g/mol. The molecule has 0 fully saturated rings. The number of aliphatic hydroxyl groups is 6. The molecule has 0 aromatic heterocycles. The van der Waals surface area contributed by atoms with E-state index in [0.29, 0.717) is 11.1 Å². The van der Waals surface area contributed by atoms with Crippen molar-refractivity contribution in [2.45, 2.75) is 0 Å². The van der Waals surface area contributed by atoms with E-state index in [-0.39, 0.29) is 39.6 Å². The molecule has 0 saturated carbocycles. The van der Waals surface area contributed by atoms with Gasteiger partial charge in [0.2, 0.25) is 0 Å². The molecule has 0 atom stereocenters. The van der Waals surface area contributed by atoms with E-state index in [4.69, 9.17) is 18.9 Å². The second-order valence-corrected chi connectivity index (χ2v) is 12.7. The molecule has 12 nitrogen and oxygen atoms in total. The van der Waals surface area contributed by atoms with Crippen molar-refractivity contribution < 1.29 is 59.2 Å². The summed E-state index contributed by atoms with van der Waals surface area (Å²) in [6.07, 6.45) is 0. The molecule has 12 heteroatoms. The number of aliphatic hydroxyl groups excluding tert-OH is 6. The number of hydrogen-bond donors (Lipinski definition) is 6. The number of carbonyl (C=O) groups is 2. The van der Waals surface area contributed by atoms with Crippen LogP contribution in [0.15, 0.2) is 84.9 Å². The second kappa shape index (κ2) is 17.6. The van der Waals surface area contributed by atoms with Crippen LogP contribution in [0, 0.1) is 16.2 Å². The maximum Gasteiger partial charge on any atom is 0.338 e. The van der Waals surface area contributed by atoms with Crippen LogP contribution >= 0.6 is 0 Å². The summed E-state index contributed by atoms with van der Waals surface area (Å²) in [6, 6.07) is 25.2. The summed E-state index contributed by atoms with van der Waals surface area (Å²) in [4.78, 5) is 25.5. The molecule has 0 radical (unpaired) electrons. The Balaban J connectivity index is 1.30. The third-order valence-corrected chi connectivity index (χ3v) is 8.63. The largest absolute Gasteiger partial charge is 0.461 e. The molecule has 0 aliphatic rings. The van der Waals surface area contributed by atoms with Crippen molar-refractivity contribution in [3.05, 3.63) is 96.1 Å². The van der Waals surface area contributed by atoms with Crippen molar-refractivity contribution in [1.82, 2.24) is 0 Å². The SMILES string of the molecule is O=C(OCC(CO)(CO)COCC(CO)(CO)COCC(CO)(CO)COC(=O)c1ccc2ccccc2c1)c1ccc2ccccc2c1. The third-order valence-electron chi connectivity index (χ3n) is 8.63. The van der Waals surface area contributed by atoms with E-state index in [1.54, 1.807) is 36.4 Å². The topological polar surface area (TPSA) is 192 Å². The van der Waals surface area contributed by atoms with Crippen LogP contribution in [0.2, 0.25) is 0 Å². The van der Waals surface area contributed by atoms with Gasteiger partial charge in [-0.1, -0.05) is 60.7 Å². The maximum absolute atomic E-state index is 12.8. The van der Waals surface area contributed by atoms with Crippen LogP contribution in [-0.2, 0) is 18.9 Å². The zero-order valence-corrected chi connectivity index (χ0v) is 27.2. The van der Waals surface area contributed by atoms with Crippen molar-refractivity contribution >= 4 is 33.5 Å². The lowest BCUT2D eigenvalue weighted by Gasteiger charge is -2.35. The predicted octanol–water partition coefficient (Wildman–Crippen LogP) is 1.95. The fourth-order valence-corrected chi connectivity index (χ4v) is 5.03. The van der Waals surface area contributed by atoms with E-state index in [1.807, 2.05) is 48.5 Å². The maximum atomic E-state index is 12.8. The summed E-state index contributed by atoms with van der Waals surface area (Å²) in [6.45, 7) is -5.47. The molecule has 4 aromatic rings. The Labute approximate surface area is 284 Å². The predicted molar refractivity (Wildman–Crippen MR) is 180 cm³/mol. The van der Waals surface area contributed by atoms with Gasteiger partial charge in [0.1, 0.15) is 13.2 Å². The van der Waals surface area contributed by atoms with E-state index >= 15 is 0 Å². The number of esters is 2. The van der Waals surface area contributed by atoms with Crippen LogP contribution in [-0.4, -0.2) is 122 Å². The Morgan fingerprint density at radius 3 is 1.06 bits per heavy atom. The van der Waals surface area contributed by atoms with Gasteiger partial charge in [0.25, 0.3) is 0 Å². The highest BCUT2D eigenvalue weighted by Crippen LogP contribution is 2.25. The lowest BCUT2D eigenvalue weighted by atomic mass is 9.90. The Bertz CT molecular complexity index is 1540. The molecule has 6 N–H and O–H groups in total. The minimum atomic E-state index is -1.39. The molecule has 49 heavy (non-hydrogen) atoms. The summed E-state index contributed by atoms with van der Waals surface area (Å²) in [5.41, 5.74) is -3.54. The first-order chi connectivity index (χ1) is 23.7. The highest BCUT2D eigenvalue weighted by molar-refractivity contribution is 5.96. The fraction of sp³-hybridized carbons (Fsp3) is 0.405. The zero-order valence-electron chi connectivity index (χ0n) is 27.2. The van der Waals surface area contributed by atoms with Crippen LogP contribution in [0.5, 0.6) is 0 Å². The number of rotatable bonds is 20. The second-order valence-electron chi connectivity index (χ2n) is 12.7. The molecule has 0 unspecified atom stereocenters. The smallest absolute Gasteiger partial charge is 0.338 e. The van der Waals surface area contributed by atoms with E-state index in [2.05, 4.69) is 0 Å². The number of fused-ring (bicyclic) bond motifs is 2. The molecule has 0 bridgehead atoms. The van der Waals surface area contributed by atoms with Crippen molar-refractivity contribution in [1.29, 1.82) is 0 Å². The van der Waals surface area contributed by atoms with Crippen molar-refractivity contribution in [2.24, 2.45) is 16.2 Å². The molecule has 4 rings (SSSR count). The summed E-state index contributed by atoms with van der Waals surface area (Å²) in [5, 5.41) is 64.3. The lowest BCUT2D eigenvalue weighted by molar-refractivity contribution is -0.128. The van der Waals surface area contributed by atoms with E-state index < -0.39 is 67.8 Å². The third kappa shape index (κ3) is 9.59. The Kier molecular flexibility index (Phi) is 13.6. The van der Waals surface area contributed by atoms with Crippen LogP contribution in [0.25, 0.3) is 21.5 Å². The van der Waals surface area contributed by atoms with Crippen molar-refractivity contribution in [2.75, 3.05) is 79.3 Å². The number of hydrogen-bond acceptors (Lipinski definition) is 12. The number of carbonyl (C=O) groups excluding carboxylic acids is 2. The summed E-state index contributed by atoms with van der Waals surface area (Å²) in [5.74, 6) is -1.30. The zero-order chi connectivity index (χ0) is 35.3. The summed E-state index contributed by atoms with van der Waals surface area (Å²) >= 11 is 0. The monoisotopic (exact) mass is 680 g/mol. The van der Waals surface area contributed by atoms with Crippen LogP contribution in [0.1, 0.15) is 20.7 Å². The van der Waals surface area contributed by atoms with Crippen molar-refractivity contribution in [3.8, 4) is 0 Å². The van der Waals surface area contributed by atoms with Crippen LogP contribution in [0.3, 0.4) is 0 Å². The van der Waals surface area contributed by atoms with Crippen LogP contribution in [0.4, 0.5) is 0 Å². The average Bonchev–Trinajstić information content (AvgIpc) is 3.16. The first kappa shape index (κ1) is 37.8. The van der Waals surface area contributed by atoms with Gasteiger partial charge >= 0.3 is 11.9 Å². The van der Waals surface area contributed by atoms with E-state index in [1.165, 1.54) is 0 Å². The number of benzene rings is 4. The Hall–Kier alpha value is -3.98. The molecule has 4 aromatic carbocycles. The molecular weight excluding hydrogens is 636 g/mol. The molecule has 0 aliphatic carbocycles. The fourth-order valence-electron chi connectivity index (χ4n) is 5.03. The Morgan fingerprint density at radius 2 is 0.735 bits per heavy atom. The van der Waals surface area contributed by atoms with Gasteiger partial charge in [-0.2, -0.15) is 0 Å². The van der Waals surface area contributed by atoms with Gasteiger partial charge in [0.05, 0.1) is 93.4 Å². The highest BCUT2D eigenvalue weighted by atomic mass is 16.5. The van der Waals surface area contributed by atoms with Gasteiger partial charge < -0.3 is 49.6 Å². The van der Waals surface area contributed by atoms with Gasteiger partial charge in [-0.15, -0.1) is 0 Å². The lowest BCUT2D eigenvalue weighted by Crippen LogP contribution is -2.46. The molecular formula is C37H44O12. The Morgan fingerprint density at radius 1 is 0.429 bits per heavy atom. The molecule has 0 saturated heterocycles. The molecule has 0 spiro atoms. The van der Waals surface area contributed by atoms with Gasteiger partial charge in [-0.3, -0.25) is 0 Å². The molecule has 0 aliphatic heterocycles. The minimum Gasteiger partial charge on any atom is -0.461 e. The van der Waals surface area contributed by atoms with E-state index in [9.17, 15) is 40.2 Å². The van der Waals surface area contributed by atoms with Gasteiger partial charge in [0, 0.05) is 0 Å². The van der Waals surface area contributed by atoms with Crippen molar-refractivity contribution in [3.63, 3.8) is 0 Å². The highest BCUT2D eigenvalue weighted by Gasteiger charge is 2.37. The normalized spacial score (nSPS) is 12.4. The molecule has 0 amide bonds. The van der Waals surface area contributed by atoms with Gasteiger partial charge in [-0.25, -0.2) is 9.59 Å². The molecule has 0 heterocycles. The van der Waals surface area contributed by atoms with Crippen LogP contribution < -0.4 is 0 Å². The first-order valence-electron chi connectivity index (χ1n) is 15.8. The quantitative estimate of drug-likeness (QED) is 0.0745. The number of ether oxygens (including phenoxy) is 4. The summed E-state index contributed by atoms with van der Waals surface area (Å²) in [7, 11) is 0. The van der Waals surface area contributed by atoms with Gasteiger partial charge in [-0.05, 0) is 45.8 Å². The molecule has 264 valence electrons. The van der Waals surface area contributed by atoms with Gasteiger partial charge in [0.15, 0.2) is 0 Å². The van der Waals surface area contributed by atoms with E-state index in [0.717, 1.165) is 21.5 Å². The minimum absolute atomic E-state index is 0.289. The standard InChI is InChI=1S/C37H44O12/c38-15-35(16-39,21-46-23-36(17-40,18-41)25-48-33(44)31-11-9-27-5-1-3-7-29(27)13-31)22-47-24-37(19-42,20-43)26-49-34(45)32-12-10-28-6-2-4-8-30(28)14-32/h1-14,38-43H,15-26H2.